The first-order chi connectivity index (χ1) is 19.9. The first-order valence-electron chi connectivity index (χ1n) is 14.0. The fourth-order valence-corrected chi connectivity index (χ4v) is 4.71. The molecule has 0 bridgehead atoms. The van der Waals surface area contributed by atoms with Gasteiger partial charge >= 0.3 is 19.8 Å². The Hall–Kier alpha value is -3.95. The van der Waals surface area contributed by atoms with E-state index in [1.807, 2.05) is 88.7 Å². The Morgan fingerprint density at radius 2 is 0.929 bits per heavy atom. The molecule has 2 atom stereocenters. The molecule has 2 N–H and O–H groups in total. The van der Waals surface area contributed by atoms with Crippen molar-refractivity contribution in [3.63, 3.8) is 0 Å². The second-order valence-corrected chi connectivity index (χ2v) is 12.4. The van der Waals surface area contributed by atoms with E-state index in [-0.39, 0.29) is 34.5 Å². The third-order valence-corrected chi connectivity index (χ3v) is 7.24. The van der Waals surface area contributed by atoms with Crippen LogP contribution in [0.25, 0.3) is 0 Å². The summed E-state index contributed by atoms with van der Waals surface area (Å²) >= 11 is 1.94. The van der Waals surface area contributed by atoms with E-state index in [0.717, 1.165) is 22.3 Å². The van der Waals surface area contributed by atoms with Crippen molar-refractivity contribution < 1.29 is 25.2 Å². The molecule has 0 fully saturated rings. The van der Waals surface area contributed by atoms with Gasteiger partial charge in [-0.2, -0.15) is 0 Å². The fraction of sp³-hybridized carbons (Fsp3) is 0.278. The summed E-state index contributed by atoms with van der Waals surface area (Å²) in [6.45, 7) is 12.8. The molecule has 6 heteroatoms. The molecule has 0 radical (unpaired) electrons. The van der Waals surface area contributed by atoms with E-state index in [9.17, 15) is 9.59 Å². The van der Waals surface area contributed by atoms with Gasteiger partial charge in [-0.1, -0.05) is 114 Å². The van der Waals surface area contributed by atoms with E-state index < -0.39 is 0 Å². The van der Waals surface area contributed by atoms with Gasteiger partial charge in [0.1, 0.15) is 0 Å². The van der Waals surface area contributed by atoms with Gasteiger partial charge in [-0.3, -0.25) is 9.59 Å². The number of carbonyl (C=O) groups excluding carboxylic acids is 2. The Morgan fingerprint density at radius 3 is 1.24 bits per heavy atom. The molecule has 0 unspecified atom stereocenters. The van der Waals surface area contributed by atoms with Crippen molar-refractivity contribution in [3.05, 3.63) is 143 Å². The molecule has 4 rings (SSSR count). The average Bonchev–Trinajstić information content (AvgIpc) is 2.97. The van der Waals surface area contributed by atoms with Gasteiger partial charge in [-0.05, 0) is 57.4 Å². The molecule has 2 aromatic carbocycles. The molecule has 0 aliphatic heterocycles. The van der Waals surface area contributed by atoms with Crippen molar-refractivity contribution in [1.29, 1.82) is 4.20 Å². The number of nitrogens with one attached hydrogen (secondary N) is 2. The molecular formula is C36H40MnN3O2. The van der Waals surface area contributed by atoms with Crippen LogP contribution in [0.3, 0.4) is 0 Å². The van der Waals surface area contributed by atoms with Gasteiger partial charge in [0, 0.05) is 23.5 Å². The topological polar surface area (TPSA) is 82.0 Å². The average molecular weight is 602 g/mol. The number of ketones is 2. The van der Waals surface area contributed by atoms with Crippen molar-refractivity contribution in [3.8, 4) is 0 Å². The van der Waals surface area contributed by atoms with E-state index in [1.165, 1.54) is 0 Å². The van der Waals surface area contributed by atoms with Crippen molar-refractivity contribution in [2.45, 2.75) is 53.6 Å². The van der Waals surface area contributed by atoms with E-state index in [0.29, 0.717) is 11.1 Å². The van der Waals surface area contributed by atoms with Crippen LogP contribution in [-0.4, -0.2) is 11.6 Å². The standard InChI is InChI=1S/C36H40N2O2.Mn.N/c1-35(2,3)29-17-19-31(39)27(21-29)23-37-33(25-13-9-7-10-14-25)34(26-15-11-8-12-16-26)38-24-28-22-30(36(4,5)6)18-20-32(28)40;;/h7-24,33-34,37-38H,1-6H3;;/b27-23-,28-24-;;/t33-,34-;;/m0../s1. The summed E-state index contributed by atoms with van der Waals surface area (Å²) in [5.74, 6) is -0.0591. The van der Waals surface area contributed by atoms with E-state index in [4.69, 9.17) is 4.20 Å². The number of hydrogen-bond acceptors (Lipinski definition) is 5. The summed E-state index contributed by atoms with van der Waals surface area (Å²) in [4.78, 5) is 25.6. The van der Waals surface area contributed by atoms with Crippen molar-refractivity contribution >= 4 is 11.6 Å². The molecule has 0 saturated heterocycles. The molecular weight excluding hydrogens is 561 g/mol. The summed E-state index contributed by atoms with van der Waals surface area (Å²) in [5.41, 5.74) is 5.39. The van der Waals surface area contributed by atoms with E-state index in [2.05, 4.69) is 76.4 Å². The zero-order valence-electron chi connectivity index (χ0n) is 25.2. The van der Waals surface area contributed by atoms with E-state index >= 15 is 0 Å². The van der Waals surface area contributed by atoms with Crippen LogP contribution in [0.5, 0.6) is 0 Å². The van der Waals surface area contributed by atoms with Crippen LogP contribution in [0, 0.1) is 15.0 Å². The second-order valence-electron chi connectivity index (χ2n) is 12.4. The number of allylic oxidation sites excluding steroid dienone is 10. The van der Waals surface area contributed by atoms with Gasteiger partial charge in [0.2, 0.25) is 0 Å². The normalized spacial score (nSPS) is 18.5. The molecule has 0 spiro atoms. The molecule has 0 aromatic heterocycles. The van der Waals surface area contributed by atoms with Crippen LogP contribution in [0.1, 0.15) is 64.8 Å². The second kappa shape index (κ2) is 14.3. The van der Waals surface area contributed by atoms with Gasteiger partial charge in [-0.15, -0.1) is 0 Å². The van der Waals surface area contributed by atoms with Gasteiger partial charge in [0.25, 0.3) is 0 Å². The molecule has 2 aromatic rings. The van der Waals surface area contributed by atoms with Crippen LogP contribution < -0.4 is 10.6 Å². The number of hydrogen-bond donors (Lipinski definition) is 2. The predicted molar refractivity (Wildman–Crippen MR) is 166 cm³/mol. The first-order valence-corrected chi connectivity index (χ1v) is 14.5. The van der Waals surface area contributed by atoms with Crippen molar-refractivity contribution in [1.82, 2.24) is 10.6 Å². The molecule has 0 saturated carbocycles. The summed E-state index contributed by atoms with van der Waals surface area (Å²) in [6, 6.07) is 19.9. The number of rotatable bonds is 7. The summed E-state index contributed by atoms with van der Waals surface area (Å²) < 4.78 is 6.81. The molecule has 2 aliphatic rings. The first kappa shape index (κ1) is 32.6. The van der Waals surface area contributed by atoms with Crippen LogP contribution in [-0.2, 0) is 25.2 Å². The molecule has 218 valence electrons. The third kappa shape index (κ3) is 8.53. The Morgan fingerprint density at radius 1 is 0.595 bits per heavy atom. The Labute approximate surface area is 258 Å². The molecule has 0 amide bonds. The minimum atomic E-state index is -0.238. The number of benzene rings is 2. The van der Waals surface area contributed by atoms with E-state index in [1.54, 1.807) is 12.2 Å². The van der Waals surface area contributed by atoms with Crippen LogP contribution >= 0.6 is 0 Å². The Bertz CT molecular complexity index is 1370. The SMILES string of the molecule is CC(C)(C)C1=C/C(=C/N[C@@H](c2ccccc2)[C@@H](N/C=C2/C=C(C(C)(C)C)C=CC2=O)c2ccccc2)C(=O)C=C1.[N]#[Mn]. The Balaban J connectivity index is 0.00000237. The van der Waals surface area contributed by atoms with Gasteiger partial charge < -0.3 is 10.6 Å². The molecule has 0 heterocycles. The molecule has 42 heavy (non-hydrogen) atoms. The van der Waals surface area contributed by atoms with Gasteiger partial charge in [0.15, 0.2) is 11.6 Å². The molecule has 5 nitrogen and oxygen atoms in total. The van der Waals surface area contributed by atoms with Crippen LogP contribution in [0.2, 0.25) is 0 Å². The monoisotopic (exact) mass is 601 g/mol. The Kier molecular flexibility index (Phi) is 11.1. The third-order valence-electron chi connectivity index (χ3n) is 7.24. The summed E-state index contributed by atoms with van der Waals surface area (Å²) in [6.07, 6.45) is 14.7. The summed E-state index contributed by atoms with van der Waals surface area (Å²) in [5, 5.41) is 7.14. The number of carbonyl (C=O) groups is 2. The van der Waals surface area contributed by atoms with Crippen molar-refractivity contribution in [2.75, 3.05) is 0 Å². The van der Waals surface area contributed by atoms with Crippen LogP contribution in [0.4, 0.5) is 0 Å². The fourth-order valence-electron chi connectivity index (χ4n) is 4.71. The predicted octanol–water partition coefficient (Wildman–Crippen LogP) is 7.65. The zero-order valence-corrected chi connectivity index (χ0v) is 26.4. The van der Waals surface area contributed by atoms with Gasteiger partial charge in [0.05, 0.1) is 12.1 Å². The maximum atomic E-state index is 12.8. The molecule has 2 aliphatic carbocycles. The number of nitrogens with zero attached hydrogens (tertiary/aromatic N) is 1. The van der Waals surface area contributed by atoms with Gasteiger partial charge in [-0.25, -0.2) is 0 Å². The maximum absolute atomic E-state index is 12.8. The van der Waals surface area contributed by atoms with Crippen LogP contribution in [0.15, 0.2) is 132 Å². The van der Waals surface area contributed by atoms with Crippen molar-refractivity contribution in [2.24, 2.45) is 10.8 Å². The quantitative estimate of drug-likeness (QED) is 0.252. The summed E-state index contributed by atoms with van der Waals surface area (Å²) in [7, 11) is 0. The zero-order chi connectivity index (χ0) is 30.9. The minimum absolute atomic E-state index is 0.0295.